The van der Waals surface area contributed by atoms with Crippen LogP contribution in [-0.2, 0) is 6.54 Å². The van der Waals surface area contributed by atoms with Crippen LogP contribution in [0.4, 0.5) is 0 Å². The van der Waals surface area contributed by atoms with Gasteiger partial charge in [-0.25, -0.2) is 0 Å². The smallest absolute Gasteiger partial charge is 0.252 e. The van der Waals surface area contributed by atoms with E-state index in [0.29, 0.717) is 23.3 Å². The van der Waals surface area contributed by atoms with Crippen molar-refractivity contribution in [3.05, 3.63) is 51.9 Å². The van der Waals surface area contributed by atoms with E-state index in [0.717, 1.165) is 17.4 Å². The molecule has 0 aliphatic rings. The summed E-state index contributed by atoms with van der Waals surface area (Å²) >= 11 is 0. The Bertz CT molecular complexity index is 847. The second-order valence-corrected chi connectivity index (χ2v) is 4.83. The van der Waals surface area contributed by atoms with E-state index in [-0.39, 0.29) is 11.3 Å². The molecule has 0 spiro atoms. The van der Waals surface area contributed by atoms with Crippen molar-refractivity contribution < 1.29 is 9.84 Å². The number of rotatable bonds is 3. The fourth-order valence-electron chi connectivity index (χ4n) is 2.36. The highest BCUT2D eigenvalue weighted by Crippen LogP contribution is 2.24. The summed E-state index contributed by atoms with van der Waals surface area (Å²) in [6, 6.07) is 8.77. The van der Waals surface area contributed by atoms with Crippen LogP contribution in [0.25, 0.3) is 11.0 Å². The first-order valence-corrected chi connectivity index (χ1v) is 6.51. The maximum Gasteiger partial charge on any atom is 0.252 e. The molecule has 0 fully saturated rings. The molecule has 108 valence electrons. The Hall–Kier alpha value is -2.76. The van der Waals surface area contributed by atoms with Crippen molar-refractivity contribution in [3.8, 4) is 11.5 Å². The Morgan fingerprint density at radius 1 is 1.33 bits per heavy atom. The van der Waals surface area contributed by atoms with Crippen LogP contribution in [-0.4, -0.2) is 27.0 Å². The summed E-state index contributed by atoms with van der Waals surface area (Å²) in [4.78, 5) is 14.1. The van der Waals surface area contributed by atoms with Crippen LogP contribution in [0.1, 0.15) is 11.3 Å². The number of methoxy groups -OCH3 is 1. The number of nitrogens with zero attached hydrogens (tertiary/aromatic N) is 2. The third-order valence-corrected chi connectivity index (χ3v) is 3.38. The molecule has 3 rings (SSSR count). The fraction of sp³-hybridized carbons (Fsp3) is 0.200. The van der Waals surface area contributed by atoms with E-state index in [1.54, 1.807) is 18.7 Å². The van der Waals surface area contributed by atoms with Crippen molar-refractivity contribution in [2.45, 2.75) is 13.5 Å². The van der Waals surface area contributed by atoms with Crippen LogP contribution in [0.5, 0.6) is 11.5 Å². The Morgan fingerprint density at radius 2 is 2.05 bits per heavy atom. The highest BCUT2D eigenvalue weighted by atomic mass is 16.5. The third kappa shape index (κ3) is 2.35. The maximum absolute atomic E-state index is 11.4. The number of H-pyrrole nitrogens is 1. The number of benzene rings is 1. The molecular formula is C15H15N3O3. The first-order chi connectivity index (χ1) is 10.1. The number of fused-ring (bicyclic) bond motifs is 1. The van der Waals surface area contributed by atoms with Gasteiger partial charge in [-0.3, -0.25) is 9.48 Å². The van der Waals surface area contributed by atoms with Crippen molar-refractivity contribution in [1.29, 1.82) is 0 Å². The number of pyridine rings is 1. The van der Waals surface area contributed by atoms with Gasteiger partial charge in [0, 0.05) is 6.07 Å². The summed E-state index contributed by atoms with van der Waals surface area (Å²) in [6.07, 6.45) is 0. The molecule has 2 aromatic heterocycles. The summed E-state index contributed by atoms with van der Waals surface area (Å²) in [7, 11) is 1.62. The quantitative estimate of drug-likeness (QED) is 0.769. The second kappa shape index (κ2) is 4.97. The van der Waals surface area contributed by atoms with Gasteiger partial charge in [-0.2, -0.15) is 5.10 Å². The molecule has 6 nitrogen and oxygen atoms in total. The van der Waals surface area contributed by atoms with E-state index >= 15 is 0 Å². The second-order valence-electron chi connectivity index (χ2n) is 4.83. The molecule has 0 radical (unpaired) electrons. The molecule has 1 aromatic carbocycles. The van der Waals surface area contributed by atoms with Crippen molar-refractivity contribution in [2.24, 2.45) is 0 Å². The highest BCUT2D eigenvalue weighted by Gasteiger charge is 2.13. The van der Waals surface area contributed by atoms with Gasteiger partial charge >= 0.3 is 0 Å². The number of hydrogen-bond acceptors (Lipinski definition) is 4. The molecule has 21 heavy (non-hydrogen) atoms. The third-order valence-electron chi connectivity index (χ3n) is 3.38. The number of nitrogens with one attached hydrogen (secondary N) is 1. The van der Waals surface area contributed by atoms with Crippen LogP contribution in [0.15, 0.2) is 35.1 Å². The molecule has 6 heteroatoms. The number of ether oxygens (including phenoxy) is 1. The molecule has 0 saturated heterocycles. The van der Waals surface area contributed by atoms with E-state index in [4.69, 9.17) is 4.74 Å². The van der Waals surface area contributed by atoms with Crippen molar-refractivity contribution >= 4 is 11.0 Å². The Balaban J connectivity index is 2.06. The van der Waals surface area contributed by atoms with Crippen molar-refractivity contribution in [3.63, 3.8) is 0 Å². The molecule has 0 unspecified atom stereocenters. The highest BCUT2D eigenvalue weighted by molar-refractivity contribution is 5.83. The number of aromatic nitrogens is 3. The monoisotopic (exact) mass is 285 g/mol. The molecule has 2 N–H and O–H groups in total. The van der Waals surface area contributed by atoms with Crippen molar-refractivity contribution in [1.82, 2.24) is 14.8 Å². The van der Waals surface area contributed by atoms with Gasteiger partial charge in [0.05, 0.1) is 24.9 Å². The largest absolute Gasteiger partial charge is 0.505 e. The molecule has 0 bridgehead atoms. The first-order valence-electron chi connectivity index (χ1n) is 6.51. The van der Waals surface area contributed by atoms with E-state index in [1.165, 1.54) is 0 Å². The zero-order valence-corrected chi connectivity index (χ0v) is 11.8. The summed E-state index contributed by atoms with van der Waals surface area (Å²) in [5.41, 5.74) is 2.45. The Morgan fingerprint density at radius 3 is 2.71 bits per heavy atom. The average Bonchev–Trinajstić information content (AvgIpc) is 2.76. The summed E-state index contributed by atoms with van der Waals surface area (Å²) < 4.78 is 6.80. The molecule has 0 saturated carbocycles. The van der Waals surface area contributed by atoms with E-state index < -0.39 is 0 Å². The lowest BCUT2D eigenvalue weighted by molar-refractivity contribution is 0.414. The summed E-state index contributed by atoms with van der Waals surface area (Å²) in [6.45, 7) is 2.29. The summed E-state index contributed by atoms with van der Waals surface area (Å²) in [5, 5.41) is 14.4. The van der Waals surface area contributed by atoms with Gasteiger partial charge in [-0.1, -0.05) is 12.1 Å². The van der Waals surface area contributed by atoms with Gasteiger partial charge in [0.1, 0.15) is 17.0 Å². The number of aromatic amines is 1. The predicted octanol–water partition coefficient (Wildman–Crippen LogP) is 1.80. The molecule has 3 aromatic rings. The van der Waals surface area contributed by atoms with Gasteiger partial charge in [-0.05, 0) is 24.6 Å². The minimum atomic E-state index is -0.341. The van der Waals surface area contributed by atoms with Gasteiger partial charge in [0.25, 0.3) is 5.56 Å². The van der Waals surface area contributed by atoms with Gasteiger partial charge in [0.15, 0.2) is 0 Å². The van der Waals surface area contributed by atoms with Crippen LogP contribution >= 0.6 is 0 Å². The zero-order chi connectivity index (χ0) is 15.0. The van der Waals surface area contributed by atoms with E-state index in [1.807, 2.05) is 24.3 Å². The van der Waals surface area contributed by atoms with Crippen LogP contribution in [0.2, 0.25) is 0 Å². The van der Waals surface area contributed by atoms with Crippen LogP contribution < -0.4 is 10.3 Å². The normalized spacial score (nSPS) is 11.0. The molecule has 0 atom stereocenters. The molecule has 2 heterocycles. The topological polar surface area (TPSA) is 80.1 Å². The predicted molar refractivity (Wildman–Crippen MR) is 78.9 cm³/mol. The first kappa shape index (κ1) is 13.2. The molecule has 0 aliphatic heterocycles. The Labute approximate surface area is 120 Å². The van der Waals surface area contributed by atoms with Crippen molar-refractivity contribution in [2.75, 3.05) is 7.11 Å². The van der Waals surface area contributed by atoms with Gasteiger partial charge < -0.3 is 14.8 Å². The van der Waals surface area contributed by atoms with Gasteiger partial charge in [0.2, 0.25) is 0 Å². The number of aryl methyl sites for hydroxylation is 1. The maximum atomic E-state index is 11.4. The van der Waals surface area contributed by atoms with E-state index in [2.05, 4.69) is 10.1 Å². The lowest BCUT2D eigenvalue weighted by Gasteiger charge is -2.06. The molecule has 0 amide bonds. The van der Waals surface area contributed by atoms with E-state index in [9.17, 15) is 9.90 Å². The minimum Gasteiger partial charge on any atom is -0.505 e. The summed E-state index contributed by atoms with van der Waals surface area (Å²) in [5.74, 6) is 0.718. The fourth-order valence-corrected chi connectivity index (χ4v) is 2.36. The minimum absolute atomic E-state index is 0.0668. The molecular weight excluding hydrogens is 270 g/mol. The standard InChI is InChI=1S/C15H15N3O3/c1-9-14-15(12(19)7-13(20)16-14)18(17-9)8-10-3-5-11(21-2)6-4-10/h3-7H,8H2,1-2H3,(H2,16,19,20). The number of aromatic hydroxyl groups is 1. The lowest BCUT2D eigenvalue weighted by atomic mass is 10.2. The number of hydrogen-bond donors (Lipinski definition) is 2. The Kier molecular flexibility index (Phi) is 3.13. The SMILES string of the molecule is COc1ccc(Cn2nc(C)c3[nH]c(=O)cc(O)c32)cc1. The average molecular weight is 285 g/mol. The van der Waals surface area contributed by atoms with Crippen LogP contribution in [0.3, 0.4) is 0 Å². The lowest BCUT2D eigenvalue weighted by Crippen LogP contribution is -2.05. The van der Waals surface area contributed by atoms with Gasteiger partial charge in [-0.15, -0.1) is 0 Å². The van der Waals surface area contributed by atoms with Crippen LogP contribution in [0, 0.1) is 6.92 Å². The zero-order valence-electron chi connectivity index (χ0n) is 11.8. The molecule has 0 aliphatic carbocycles.